The maximum atomic E-state index is 13.6. The van der Waals surface area contributed by atoms with Crippen LogP contribution in [0.3, 0.4) is 0 Å². The van der Waals surface area contributed by atoms with Gasteiger partial charge in [-0.15, -0.1) is 0 Å². The molecule has 2 fully saturated rings. The van der Waals surface area contributed by atoms with Crippen LogP contribution < -0.4 is 10.1 Å². The highest BCUT2D eigenvalue weighted by Gasteiger charge is 2.37. The summed E-state index contributed by atoms with van der Waals surface area (Å²) in [6, 6.07) is 5.43. The van der Waals surface area contributed by atoms with Crippen molar-refractivity contribution in [2.24, 2.45) is 0 Å². The molecule has 4 rings (SSSR count). The lowest BCUT2D eigenvalue weighted by molar-refractivity contribution is -0.146. The highest BCUT2D eigenvalue weighted by atomic mass is 16.5. The first-order valence-electron chi connectivity index (χ1n) is 12.8. The van der Waals surface area contributed by atoms with E-state index in [1.54, 1.807) is 46.0 Å². The first kappa shape index (κ1) is 25.9. The minimum atomic E-state index is -0.892. The monoisotopic (exact) mass is 500 g/mol. The third-order valence-electron chi connectivity index (χ3n) is 7.03. The van der Waals surface area contributed by atoms with Crippen LogP contribution in [0.4, 0.5) is 0 Å². The summed E-state index contributed by atoms with van der Waals surface area (Å²) >= 11 is 0. The van der Waals surface area contributed by atoms with Crippen molar-refractivity contribution >= 4 is 23.6 Å². The van der Waals surface area contributed by atoms with Crippen LogP contribution in [0.1, 0.15) is 49.9 Å². The van der Waals surface area contributed by atoms with Gasteiger partial charge in [0, 0.05) is 33.1 Å². The van der Waals surface area contributed by atoms with Crippen LogP contribution in [-0.2, 0) is 19.1 Å². The number of nitrogens with one attached hydrogen (secondary N) is 1. The maximum Gasteiger partial charge on any atom is 0.255 e. The Morgan fingerprint density at radius 3 is 2.50 bits per heavy atom. The molecular formula is C26H36N4O6. The molecular weight excluding hydrogens is 464 g/mol. The van der Waals surface area contributed by atoms with Crippen molar-refractivity contribution in [2.75, 3.05) is 39.8 Å². The summed E-state index contributed by atoms with van der Waals surface area (Å²) in [7, 11) is 1.70. The predicted octanol–water partition coefficient (Wildman–Crippen LogP) is 1.04. The molecule has 2 saturated heterocycles. The Labute approximate surface area is 211 Å². The molecule has 0 unspecified atom stereocenters. The Bertz CT molecular complexity index is 990. The molecule has 4 amide bonds. The second-order valence-electron chi connectivity index (χ2n) is 9.91. The fourth-order valence-corrected chi connectivity index (χ4v) is 5.24. The number of amides is 4. The van der Waals surface area contributed by atoms with Crippen molar-refractivity contribution in [1.29, 1.82) is 0 Å². The van der Waals surface area contributed by atoms with Crippen LogP contribution in [0, 0.1) is 0 Å². The van der Waals surface area contributed by atoms with E-state index in [0.29, 0.717) is 43.9 Å². The SMILES string of the molecule is C[C@@H]1CN(C(=O)[C@@H]2CCC(=O)N3CCC[C@H]3C(=O)N(C)CCOc3ccccc3C(=O)N2)C[C@H](C)O1. The Balaban J connectivity index is 1.61. The van der Waals surface area contributed by atoms with Gasteiger partial charge >= 0.3 is 0 Å². The molecule has 0 radical (unpaired) electrons. The van der Waals surface area contributed by atoms with Gasteiger partial charge in [-0.05, 0) is 45.2 Å². The lowest BCUT2D eigenvalue weighted by Gasteiger charge is -2.37. The zero-order chi connectivity index (χ0) is 25.8. The van der Waals surface area contributed by atoms with Crippen LogP contribution in [0.25, 0.3) is 0 Å². The van der Waals surface area contributed by atoms with Crippen molar-refractivity contribution in [3.63, 3.8) is 0 Å². The van der Waals surface area contributed by atoms with E-state index < -0.39 is 18.0 Å². The number of rotatable bonds is 1. The number of para-hydroxylation sites is 1. The van der Waals surface area contributed by atoms with Gasteiger partial charge in [0.1, 0.15) is 24.4 Å². The zero-order valence-corrected chi connectivity index (χ0v) is 21.3. The van der Waals surface area contributed by atoms with E-state index in [9.17, 15) is 19.2 Å². The molecule has 10 heteroatoms. The van der Waals surface area contributed by atoms with Crippen LogP contribution >= 0.6 is 0 Å². The number of benzene rings is 1. The molecule has 3 aliphatic heterocycles. The fraction of sp³-hybridized carbons (Fsp3) is 0.615. The van der Waals surface area contributed by atoms with Crippen molar-refractivity contribution in [3.05, 3.63) is 29.8 Å². The summed E-state index contributed by atoms with van der Waals surface area (Å²) in [5.74, 6) is -0.602. The van der Waals surface area contributed by atoms with E-state index in [0.717, 1.165) is 6.42 Å². The van der Waals surface area contributed by atoms with Crippen molar-refractivity contribution in [3.8, 4) is 5.75 Å². The molecule has 196 valence electrons. The van der Waals surface area contributed by atoms with E-state index >= 15 is 0 Å². The van der Waals surface area contributed by atoms with Gasteiger partial charge in [-0.1, -0.05) is 12.1 Å². The van der Waals surface area contributed by atoms with Gasteiger partial charge < -0.3 is 29.5 Å². The summed E-state index contributed by atoms with van der Waals surface area (Å²) in [5, 5.41) is 2.87. The number of ether oxygens (including phenoxy) is 2. The summed E-state index contributed by atoms with van der Waals surface area (Å²) < 4.78 is 11.6. The zero-order valence-electron chi connectivity index (χ0n) is 21.3. The summed E-state index contributed by atoms with van der Waals surface area (Å²) in [6.45, 7) is 5.67. The molecule has 3 aliphatic rings. The number of nitrogens with zero attached hydrogens (tertiary/aromatic N) is 3. The van der Waals surface area contributed by atoms with Gasteiger partial charge in [-0.2, -0.15) is 0 Å². The summed E-state index contributed by atoms with van der Waals surface area (Å²) in [6.07, 6.45) is 1.31. The van der Waals surface area contributed by atoms with Crippen molar-refractivity contribution < 1.29 is 28.7 Å². The highest BCUT2D eigenvalue weighted by molar-refractivity contribution is 6.00. The van der Waals surface area contributed by atoms with E-state index in [2.05, 4.69) is 5.32 Å². The molecule has 1 N–H and O–H groups in total. The first-order chi connectivity index (χ1) is 17.2. The molecule has 0 spiro atoms. The van der Waals surface area contributed by atoms with E-state index in [1.165, 1.54) is 0 Å². The number of carbonyl (C=O) groups excluding carboxylic acids is 4. The van der Waals surface area contributed by atoms with E-state index in [1.807, 2.05) is 13.8 Å². The van der Waals surface area contributed by atoms with Crippen LogP contribution in [0.5, 0.6) is 5.75 Å². The Hall–Kier alpha value is -3.14. The molecule has 0 bridgehead atoms. The molecule has 0 saturated carbocycles. The van der Waals surface area contributed by atoms with Crippen molar-refractivity contribution in [1.82, 2.24) is 20.0 Å². The van der Waals surface area contributed by atoms with Crippen LogP contribution in [-0.4, -0.2) is 102 Å². The molecule has 10 nitrogen and oxygen atoms in total. The Morgan fingerprint density at radius 2 is 1.75 bits per heavy atom. The van der Waals surface area contributed by atoms with Gasteiger partial charge in [0.15, 0.2) is 0 Å². The maximum absolute atomic E-state index is 13.6. The smallest absolute Gasteiger partial charge is 0.255 e. The summed E-state index contributed by atoms with van der Waals surface area (Å²) in [5.41, 5.74) is 0.301. The van der Waals surface area contributed by atoms with E-state index in [-0.39, 0.29) is 49.4 Å². The van der Waals surface area contributed by atoms with Crippen LogP contribution in [0.2, 0.25) is 0 Å². The number of morpholine rings is 1. The number of likely N-dealkylation sites (N-methyl/N-ethyl adjacent to an activating group) is 1. The number of carbonyl (C=O) groups is 4. The van der Waals surface area contributed by atoms with Gasteiger partial charge in [-0.25, -0.2) is 0 Å². The molecule has 1 aromatic rings. The number of fused-ring (bicyclic) bond motifs is 2. The van der Waals surface area contributed by atoms with Gasteiger partial charge in [0.05, 0.1) is 24.3 Å². The second kappa shape index (κ2) is 11.3. The molecule has 1 aromatic carbocycles. The average molecular weight is 501 g/mol. The largest absolute Gasteiger partial charge is 0.491 e. The average Bonchev–Trinajstić information content (AvgIpc) is 3.34. The van der Waals surface area contributed by atoms with Crippen LogP contribution in [0.15, 0.2) is 24.3 Å². The number of hydrogen-bond acceptors (Lipinski definition) is 6. The van der Waals surface area contributed by atoms with E-state index in [4.69, 9.17) is 9.47 Å². The standard InChI is InChI=1S/C26H36N4O6/c1-17-15-29(16-18(2)36-17)25(33)20-10-11-23(31)30-12-6-8-21(30)26(34)28(3)13-14-35-22-9-5-4-7-19(22)24(32)27-20/h4-5,7,9,17-18,20-21H,6,8,10-16H2,1-3H3,(H,27,32)/t17-,18+,20-,21-/m0/s1. The van der Waals surface area contributed by atoms with Gasteiger partial charge in [0.2, 0.25) is 17.7 Å². The molecule has 0 aliphatic carbocycles. The first-order valence-corrected chi connectivity index (χ1v) is 12.8. The molecule has 36 heavy (non-hydrogen) atoms. The third-order valence-corrected chi connectivity index (χ3v) is 7.03. The topological polar surface area (TPSA) is 108 Å². The lowest BCUT2D eigenvalue weighted by Crippen LogP contribution is -2.55. The summed E-state index contributed by atoms with van der Waals surface area (Å²) in [4.78, 5) is 58.0. The molecule has 4 atom stereocenters. The third kappa shape index (κ3) is 5.80. The predicted molar refractivity (Wildman–Crippen MR) is 131 cm³/mol. The molecule has 0 aromatic heterocycles. The Kier molecular flexibility index (Phi) is 8.13. The van der Waals surface area contributed by atoms with Gasteiger partial charge in [0.25, 0.3) is 5.91 Å². The minimum Gasteiger partial charge on any atom is -0.491 e. The highest BCUT2D eigenvalue weighted by Crippen LogP contribution is 2.23. The number of hydrogen-bond donors (Lipinski definition) is 1. The second-order valence-corrected chi connectivity index (χ2v) is 9.91. The van der Waals surface area contributed by atoms with Crippen molar-refractivity contribution in [2.45, 2.75) is 63.8 Å². The Morgan fingerprint density at radius 1 is 1.03 bits per heavy atom. The molecule has 3 heterocycles. The fourth-order valence-electron chi connectivity index (χ4n) is 5.24. The quantitative estimate of drug-likeness (QED) is 0.618. The van der Waals surface area contributed by atoms with Gasteiger partial charge in [-0.3, -0.25) is 19.2 Å². The lowest BCUT2D eigenvalue weighted by atomic mass is 10.1. The normalized spacial score (nSPS) is 28.4. The minimum absolute atomic E-state index is 0.0533.